The van der Waals surface area contributed by atoms with Crippen LogP contribution in [0, 0.1) is 0 Å². The summed E-state index contributed by atoms with van der Waals surface area (Å²) in [6.07, 6.45) is 8.18. The van der Waals surface area contributed by atoms with Gasteiger partial charge < -0.3 is 19.4 Å². The van der Waals surface area contributed by atoms with Crippen molar-refractivity contribution in [2.75, 3.05) is 14.2 Å². The molecule has 0 saturated heterocycles. The van der Waals surface area contributed by atoms with Gasteiger partial charge in [-0.1, -0.05) is 24.3 Å². The van der Waals surface area contributed by atoms with E-state index in [1.165, 1.54) is 0 Å². The Morgan fingerprint density at radius 1 is 0.585 bits per heavy atom. The van der Waals surface area contributed by atoms with Crippen LogP contribution in [0.5, 0.6) is 11.5 Å². The number of nitrogens with one attached hydrogen (secondary N) is 2. The Morgan fingerprint density at radius 3 is 1.88 bits per heavy atom. The van der Waals surface area contributed by atoms with E-state index in [0.29, 0.717) is 0 Å². The maximum absolute atomic E-state index is 5.53. The molecule has 5 aromatic rings. The molecule has 200 valence electrons. The fraction of sp³-hybridized carbons (Fsp3) is 0.0588. The normalized spacial score (nSPS) is 12.1. The number of methoxy groups -OCH3 is 2. The number of nitrogens with zero attached hydrogens (tertiary/aromatic N) is 2. The summed E-state index contributed by atoms with van der Waals surface area (Å²) in [7, 11) is 3.36. The minimum absolute atomic E-state index is 0.788. The molecule has 3 aromatic heterocycles. The number of fused-ring (bicyclic) bond motifs is 8. The highest BCUT2D eigenvalue weighted by Crippen LogP contribution is 2.35. The Kier molecular flexibility index (Phi) is 6.29. The number of hydrogen-bond donors (Lipinski definition) is 2. The zero-order valence-corrected chi connectivity index (χ0v) is 24.0. The average Bonchev–Trinajstić information content (AvgIpc) is 3.82. The van der Waals surface area contributed by atoms with Gasteiger partial charge in [-0.05, 0) is 106 Å². The van der Waals surface area contributed by atoms with Gasteiger partial charge in [0.2, 0.25) is 0 Å². The molecule has 0 unspecified atom stereocenters. The predicted octanol–water partition coefficient (Wildman–Crippen LogP) is 8.77. The number of halogens is 1. The van der Waals surface area contributed by atoms with E-state index in [9.17, 15) is 0 Å². The summed E-state index contributed by atoms with van der Waals surface area (Å²) in [5, 5.41) is 0. The van der Waals surface area contributed by atoms with Gasteiger partial charge >= 0.3 is 0 Å². The lowest BCUT2D eigenvalue weighted by molar-refractivity contribution is 0.415. The minimum atomic E-state index is 0.788. The van der Waals surface area contributed by atoms with Crippen LogP contribution in [-0.2, 0) is 0 Å². The van der Waals surface area contributed by atoms with Crippen molar-refractivity contribution in [2.45, 2.75) is 0 Å². The van der Waals surface area contributed by atoms with Crippen LogP contribution in [0.2, 0.25) is 0 Å². The number of aromatic nitrogens is 4. The molecule has 2 aliphatic heterocycles. The lowest BCUT2D eigenvalue weighted by atomic mass is 10.0. The Hall–Kier alpha value is -4.88. The third-order valence-electron chi connectivity index (χ3n) is 7.23. The van der Waals surface area contributed by atoms with Crippen LogP contribution < -0.4 is 9.47 Å². The first-order valence-electron chi connectivity index (χ1n) is 13.2. The van der Waals surface area contributed by atoms with Gasteiger partial charge in [0.15, 0.2) is 0 Å². The lowest BCUT2D eigenvalue weighted by Gasteiger charge is -2.06. The van der Waals surface area contributed by atoms with Crippen molar-refractivity contribution in [3.8, 4) is 33.8 Å². The summed E-state index contributed by atoms with van der Waals surface area (Å²) < 4.78 is 11.9. The zero-order chi connectivity index (χ0) is 27.9. The van der Waals surface area contributed by atoms with Crippen LogP contribution in [0.3, 0.4) is 0 Å². The molecule has 8 bridgehead atoms. The van der Waals surface area contributed by atoms with Gasteiger partial charge in [0, 0.05) is 27.7 Å². The Bertz CT molecular complexity index is 2010. The first-order valence-corrected chi connectivity index (χ1v) is 14.0. The Labute approximate surface area is 245 Å². The van der Waals surface area contributed by atoms with Crippen LogP contribution in [0.1, 0.15) is 22.8 Å². The van der Waals surface area contributed by atoms with Gasteiger partial charge in [0.1, 0.15) is 11.5 Å². The van der Waals surface area contributed by atoms with Crippen molar-refractivity contribution >= 4 is 62.3 Å². The van der Waals surface area contributed by atoms with E-state index in [1.807, 2.05) is 48.6 Å². The van der Waals surface area contributed by atoms with E-state index in [4.69, 9.17) is 19.4 Å². The van der Waals surface area contributed by atoms with Crippen molar-refractivity contribution in [3.05, 3.63) is 106 Å². The Morgan fingerprint density at radius 2 is 1.17 bits per heavy atom. The topological polar surface area (TPSA) is 75.8 Å². The molecule has 2 aliphatic rings. The third-order valence-corrected chi connectivity index (χ3v) is 8.06. The first kappa shape index (κ1) is 25.1. The molecule has 7 rings (SSSR count). The monoisotopic (exact) mass is 600 g/mol. The molecule has 0 amide bonds. The summed E-state index contributed by atoms with van der Waals surface area (Å²) in [4.78, 5) is 17.3. The second-order valence-corrected chi connectivity index (χ2v) is 10.5. The number of aromatic amines is 2. The van der Waals surface area contributed by atoms with Crippen molar-refractivity contribution in [2.24, 2.45) is 0 Å². The summed E-state index contributed by atoms with van der Waals surface area (Å²) in [6, 6.07) is 26.4. The molecule has 0 radical (unpaired) electrons. The van der Waals surface area contributed by atoms with Gasteiger partial charge in [0.25, 0.3) is 0 Å². The third kappa shape index (κ3) is 4.64. The number of hydrogen-bond acceptors (Lipinski definition) is 4. The van der Waals surface area contributed by atoms with Crippen LogP contribution in [0.4, 0.5) is 0 Å². The summed E-state index contributed by atoms with van der Waals surface area (Å²) in [5.41, 5.74) is 11.2. The van der Waals surface area contributed by atoms with Crippen molar-refractivity contribution < 1.29 is 9.47 Å². The molecule has 0 aliphatic carbocycles. The van der Waals surface area contributed by atoms with E-state index in [0.717, 1.165) is 83.1 Å². The predicted molar refractivity (Wildman–Crippen MR) is 171 cm³/mol. The SMILES string of the molecule is COc1cccc(-c2c3nc(c(Br)c4ccc([nH]4)c(-c4cccc(OC)c4)c4nc(cc5ccc2[nH]5)C=C4)C=C3)c1. The zero-order valence-electron chi connectivity index (χ0n) is 22.4. The first-order chi connectivity index (χ1) is 20.1. The van der Waals surface area contributed by atoms with Crippen LogP contribution in [-0.4, -0.2) is 34.2 Å². The number of H-pyrrole nitrogens is 2. The fourth-order valence-electron chi connectivity index (χ4n) is 5.27. The summed E-state index contributed by atoms with van der Waals surface area (Å²) in [6.45, 7) is 0. The van der Waals surface area contributed by atoms with E-state index < -0.39 is 0 Å². The summed E-state index contributed by atoms with van der Waals surface area (Å²) in [5.74, 6) is 1.58. The number of ether oxygens (including phenoxy) is 2. The van der Waals surface area contributed by atoms with E-state index in [2.05, 4.69) is 80.5 Å². The molecule has 41 heavy (non-hydrogen) atoms. The molecule has 6 nitrogen and oxygen atoms in total. The van der Waals surface area contributed by atoms with Gasteiger partial charge in [-0.2, -0.15) is 0 Å². The smallest absolute Gasteiger partial charge is 0.119 e. The summed E-state index contributed by atoms with van der Waals surface area (Å²) >= 11 is 3.83. The van der Waals surface area contributed by atoms with Gasteiger partial charge in [-0.15, -0.1) is 0 Å². The molecule has 5 heterocycles. The molecule has 7 heteroatoms. The highest BCUT2D eigenvalue weighted by molar-refractivity contribution is 9.10. The second kappa shape index (κ2) is 10.3. The molecule has 2 aromatic carbocycles. The maximum Gasteiger partial charge on any atom is 0.119 e. The van der Waals surface area contributed by atoms with Crippen molar-refractivity contribution in [3.63, 3.8) is 0 Å². The fourth-order valence-corrected chi connectivity index (χ4v) is 5.72. The highest BCUT2D eigenvalue weighted by Gasteiger charge is 2.15. The molecule has 0 saturated carbocycles. The second-order valence-electron chi connectivity index (χ2n) is 9.76. The molecule has 0 fully saturated rings. The lowest BCUT2D eigenvalue weighted by Crippen LogP contribution is -1.88. The average molecular weight is 602 g/mol. The van der Waals surface area contributed by atoms with Crippen molar-refractivity contribution in [1.29, 1.82) is 0 Å². The van der Waals surface area contributed by atoms with Crippen LogP contribution >= 0.6 is 15.9 Å². The largest absolute Gasteiger partial charge is 0.497 e. The van der Waals surface area contributed by atoms with Crippen LogP contribution in [0.15, 0.2) is 83.3 Å². The number of rotatable bonds is 4. The quantitative estimate of drug-likeness (QED) is 0.212. The molecule has 0 spiro atoms. The minimum Gasteiger partial charge on any atom is -0.497 e. The molecule has 0 atom stereocenters. The standard InChI is InChI=1S/C34H25BrN4O2/c1-40-24-7-3-5-20(17-24)32-26-11-9-22(36-26)19-23-10-12-27(37-23)33(21-6-4-8-25(18-21)41-2)29-14-16-31(39-29)34(35)30-15-13-28(32)38-30/h3-19,36,39H,1-2H3. The van der Waals surface area contributed by atoms with Gasteiger partial charge in [-0.3, -0.25) is 0 Å². The number of benzene rings is 2. The highest BCUT2D eigenvalue weighted by atomic mass is 79.9. The van der Waals surface area contributed by atoms with E-state index in [1.54, 1.807) is 14.2 Å². The molecule has 2 N–H and O–H groups in total. The van der Waals surface area contributed by atoms with Crippen LogP contribution in [0.25, 0.3) is 68.6 Å². The maximum atomic E-state index is 5.53. The van der Waals surface area contributed by atoms with E-state index >= 15 is 0 Å². The van der Waals surface area contributed by atoms with Gasteiger partial charge in [0.05, 0.1) is 47.0 Å². The Balaban J connectivity index is 1.57. The molecular weight excluding hydrogens is 576 g/mol. The van der Waals surface area contributed by atoms with Crippen molar-refractivity contribution in [1.82, 2.24) is 19.9 Å². The van der Waals surface area contributed by atoms with Gasteiger partial charge in [-0.25, -0.2) is 9.97 Å². The van der Waals surface area contributed by atoms with E-state index in [-0.39, 0.29) is 0 Å². The molecular formula is C34H25BrN4O2.